The van der Waals surface area contributed by atoms with Crippen molar-refractivity contribution in [1.82, 2.24) is 9.13 Å². The Balaban J connectivity index is 2.17. The number of benzene rings is 1. The average Bonchev–Trinajstić information content (AvgIpc) is 2.69. The summed E-state index contributed by atoms with van der Waals surface area (Å²) in [5.74, 6) is 0.870. The predicted molar refractivity (Wildman–Crippen MR) is 110 cm³/mol. The quantitative estimate of drug-likeness (QED) is 0.800. The Morgan fingerprint density at radius 1 is 1.18 bits per heavy atom. The van der Waals surface area contributed by atoms with E-state index in [-0.39, 0.29) is 17.9 Å². The molecule has 0 unspecified atom stereocenters. The van der Waals surface area contributed by atoms with Crippen LogP contribution in [0.5, 0.6) is 5.75 Å². The fourth-order valence-corrected chi connectivity index (χ4v) is 3.57. The van der Waals surface area contributed by atoms with E-state index in [1.165, 1.54) is 9.13 Å². The van der Waals surface area contributed by atoms with E-state index in [4.69, 9.17) is 15.2 Å². The van der Waals surface area contributed by atoms with Crippen molar-refractivity contribution in [3.8, 4) is 5.75 Å². The van der Waals surface area contributed by atoms with E-state index in [0.29, 0.717) is 44.3 Å². The number of nitrogens with two attached hydrogens (primary N) is 1. The van der Waals surface area contributed by atoms with Crippen LogP contribution in [-0.4, -0.2) is 42.5 Å². The van der Waals surface area contributed by atoms with Gasteiger partial charge in [-0.25, -0.2) is 4.79 Å². The molecular weight excluding hydrogens is 360 g/mol. The fraction of sp³-hybridized carbons (Fsp3) is 0.500. The van der Waals surface area contributed by atoms with Gasteiger partial charge in [-0.1, -0.05) is 24.6 Å². The Bertz CT molecular complexity index is 958. The van der Waals surface area contributed by atoms with Gasteiger partial charge in [0.1, 0.15) is 17.3 Å². The van der Waals surface area contributed by atoms with Gasteiger partial charge >= 0.3 is 5.69 Å². The number of nitrogens with zero attached hydrogens (tertiary/aromatic N) is 3. The third kappa shape index (κ3) is 3.77. The topological polar surface area (TPSA) is 91.7 Å². The molecule has 0 saturated carbocycles. The summed E-state index contributed by atoms with van der Waals surface area (Å²) in [5.41, 5.74) is 7.70. The Hall–Kier alpha value is -2.74. The molecule has 1 aliphatic heterocycles. The number of rotatable bonds is 6. The van der Waals surface area contributed by atoms with Gasteiger partial charge in [0.15, 0.2) is 0 Å². The minimum Gasteiger partial charge on any atom is -0.496 e. The molecule has 8 heteroatoms. The Morgan fingerprint density at radius 2 is 1.89 bits per heavy atom. The van der Waals surface area contributed by atoms with Crippen molar-refractivity contribution in [1.29, 1.82) is 0 Å². The van der Waals surface area contributed by atoms with Crippen molar-refractivity contribution >= 4 is 11.5 Å². The first-order chi connectivity index (χ1) is 13.5. The number of nitrogen functional groups attached to an aromatic ring is 1. The van der Waals surface area contributed by atoms with Gasteiger partial charge in [0.05, 0.1) is 26.9 Å². The summed E-state index contributed by atoms with van der Waals surface area (Å²) in [4.78, 5) is 28.3. The van der Waals surface area contributed by atoms with E-state index >= 15 is 0 Å². The van der Waals surface area contributed by atoms with E-state index in [0.717, 1.165) is 17.5 Å². The Labute approximate surface area is 164 Å². The molecule has 2 heterocycles. The molecule has 2 N–H and O–H groups in total. The zero-order valence-corrected chi connectivity index (χ0v) is 16.7. The van der Waals surface area contributed by atoms with E-state index < -0.39 is 5.69 Å². The minimum absolute atomic E-state index is 0.129. The van der Waals surface area contributed by atoms with Crippen LogP contribution in [0.3, 0.4) is 0 Å². The number of methoxy groups -OCH3 is 1. The van der Waals surface area contributed by atoms with Crippen LogP contribution in [0.1, 0.15) is 24.5 Å². The van der Waals surface area contributed by atoms with Crippen LogP contribution < -0.4 is 26.6 Å². The third-order valence-corrected chi connectivity index (χ3v) is 4.98. The maximum absolute atomic E-state index is 13.3. The van der Waals surface area contributed by atoms with Gasteiger partial charge in [-0.2, -0.15) is 0 Å². The molecule has 3 rings (SSSR count). The van der Waals surface area contributed by atoms with Gasteiger partial charge < -0.3 is 20.1 Å². The van der Waals surface area contributed by atoms with Crippen molar-refractivity contribution < 1.29 is 9.47 Å². The molecule has 0 spiro atoms. The highest BCUT2D eigenvalue weighted by atomic mass is 16.5. The van der Waals surface area contributed by atoms with Gasteiger partial charge in [-0.15, -0.1) is 0 Å². The first-order valence-corrected chi connectivity index (χ1v) is 9.57. The molecule has 0 aliphatic carbocycles. The average molecular weight is 388 g/mol. The lowest BCUT2D eigenvalue weighted by atomic mass is 10.1. The van der Waals surface area contributed by atoms with Crippen molar-refractivity contribution in [2.45, 2.75) is 33.4 Å². The maximum Gasteiger partial charge on any atom is 0.332 e. The lowest BCUT2D eigenvalue weighted by Gasteiger charge is -2.30. The molecule has 1 aliphatic rings. The highest BCUT2D eigenvalue weighted by molar-refractivity contribution is 5.63. The molecule has 8 nitrogen and oxygen atoms in total. The summed E-state index contributed by atoms with van der Waals surface area (Å²) < 4.78 is 13.6. The minimum atomic E-state index is -0.398. The number of aromatic nitrogens is 2. The van der Waals surface area contributed by atoms with Crippen LogP contribution in [0, 0.1) is 6.92 Å². The highest BCUT2D eigenvalue weighted by Gasteiger charge is 2.24. The molecule has 1 aromatic carbocycles. The van der Waals surface area contributed by atoms with Gasteiger partial charge in [0.25, 0.3) is 5.56 Å². The summed E-state index contributed by atoms with van der Waals surface area (Å²) in [6, 6.07) is 5.71. The highest BCUT2D eigenvalue weighted by Crippen LogP contribution is 2.22. The van der Waals surface area contributed by atoms with Crippen LogP contribution in [0.25, 0.3) is 0 Å². The van der Waals surface area contributed by atoms with Crippen LogP contribution in [0.15, 0.2) is 27.8 Å². The van der Waals surface area contributed by atoms with Crippen molar-refractivity contribution in [3.63, 3.8) is 0 Å². The number of aryl methyl sites for hydroxylation is 1. The summed E-state index contributed by atoms with van der Waals surface area (Å²) in [6.45, 7) is 6.70. The van der Waals surface area contributed by atoms with E-state index in [2.05, 4.69) is 0 Å². The van der Waals surface area contributed by atoms with Crippen molar-refractivity contribution in [2.75, 3.05) is 44.0 Å². The van der Waals surface area contributed by atoms with Gasteiger partial charge in [-0.05, 0) is 19.4 Å². The van der Waals surface area contributed by atoms with Crippen LogP contribution in [-0.2, 0) is 17.8 Å². The lowest BCUT2D eigenvalue weighted by molar-refractivity contribution is 0.122. The van der Waals surface area contributed by atoms with Gasteiger partial charge in [0.2, 0.25) is 0 Å². The summed E-state index contributed by atoms with van der Waals surface area (Å²) in [6.07, 6.45) is 0.735. The summed E-state index contributed by atoms with van der Waals surface area (Å²) >= 11 is 0. The molecule has 1 fully saturated rings. The fourth-order valence-electron chi connectivity index (χ4n) is 3.57. The molecule has 1 saturated heterocycles. The standard InChI is InChI=1S/C20H28N4O4/c1-4-7-23-18(21)17(22-8-10-28-11-9-22)19(25)24(20(23)26)13-15-12-14(2)5-6-16(15)27-3/h5-6,12H,4,7-11,13,21H2,1-3H3. The second-order valence-corrected chi connectivity index (χ2v) is 6.97. The van der Waals surface area contributed by atoms with E-state index in [1.807, 2.05) is 36.9 Å². The molecular formula is C20H28N4O4. The second-order valence-electron chi connectivity index (χ2n) is 6.97. The largest absolute Gasteiger partial charge is 0.496 e. The van der Waals surface area contributed by atoms with E-state index in [1.54, 1.807) is 7.11 Å². The SMILES string of the molecule is CCCn1c(N)c(N2CCOCC2)c(=O)n(Cc2cc(C)ccc2OC)c1=O. The maximum atomic E-state index is 13.3. The molecule has 2 aromatic rings. The summed E-state index contributed by atoms with van der Waals surface area (Å²) in [7, 11) is 1.58. The van der Waals surface area contributed by atoms with Crippen LogP contribution in [0.2, 0.25) is 0 Å². The summed E-state index contributed by atoms with van der Waals surface area (Å²) in [5, 5.41) is 0. The molecule has 152 valence electrons. The Morgan fingerprint density at radius 3 is 2.54 bits per heavy atom. The second kappa shape index (κ2) is 8.52. The van der Waals surface area contributed by atoms with Gasteiger partial charge in [0, 0.05) is 25.2 Å². The number of anilines is 2. The third-order valence-electron chi connectivity index (χ3n) is 4.98. The zero-order valence-electron chi connectivity index (χ0n) is 16.7. The number of ether oxygens (including phenoxy) is 2. The molecule has 0 atom stereocenters. The first kappa shape index (κ1) is 20.0. The predicted octanol–water partition coefficient (Wildman–Crippen LogP) is 1.20. The number of hydrogen-bond acceptors (Lipinski definition) is 6. The van der Waals surface area contributed by atoms with Crippen molar-refractivity contribution in [2.24, 2.45) is 0 Å². The van der Waals surface area contributed by atoms with Gasteiger partial charge in [-0.3, -0.25) is 13.9 Å². The van der Waals surface area contributed by atoms with Crippen molar-refractivity contribution in [3.05, 3.63) is 50.2 Å². The van der Waals surface area contributed by atoms with E-state index in [9.17, 15) is 9.59 Å². The van der Waals surface area contributed by atoms with Crippen LogP contribution >= 0.6 is 0 Å². The molecule has 28 heavy (non-hydrogen) atoms. The lowest BCUT2D eigenvalue weighted by Crippen LogP contribution is -2.47. The molecule has 0 amide bonds. The molecule has 1 aromatic heterocycles. The Kier molecular flexibility index (Phi) is 6.08. The van der Waals surface area contributed by atoms with Crippen LogP contribution in [0.4, 0.5) is 11.5 Å². The first-order valence-electron chi connectivity index (χ1n) is 9.57. The normalized spacial score (nSPS) is 14.3. The molecule has 0 bridgehead atoms. The number of morpholine rings is 1. The molecule has 0 radical (unpaired) electrons. The number of hydrogen-bond donors (Lipinski definition) is 1. The zero-order chi connectivity index (χ0) is 20.3. The monoisotopic (exact) mass is 388 g/mol. The smallest absolute Gasteiger partial charge is 0.332 e.